The van der Waals surface area contributed by atoms with E-state index in [1.165, 1.54) is 32.4 Å². The van der Waals surface area contributed by atoms with E-state index in [2.05, 4.69) is 32.5 Å². The SMILES string of the molecule is CCC(CNC(=NC)NCc1ccnn1C)N1CCCC1.I. The normalized spacial score (nSPS) is 17.1. The molecule has 7 heteroatoms. The van der Waals surface area contributed by atoms with Crippen LogP contribution in [0.4, 0.5) is 0 Å². The molecule has 1 aliphatic rings. The molecule has 0 spiro atoms. The predicted molar refractivity (Wildman–Crippen MR) is 102 cm³/mol. The van der Waals surface area contributed by atoms with Gasteiger partial charge in [-0.3, -0.25) is 14.6 Å². The number of hydrogen-bond donors (Lipinski definition) is 2. The summed E-state index contributed by atoms with van der Waals surface area (Å²) < 4.78 is 1.87. The summed E-state index contributed by atoms with van der Waals surface area (Å²) in [5, 5.41) is 11.0. The highest BCUT2D eigenvalue weighted by molar-refractivity contribution is 14.0. The minimum absolute atomic E-state index is 0. The maximum absolute atomic E-state index is 4.30. The van der Waals surface area contributed by atoms with Gasteiger partial charge in [-0.25, -0.2) is 0 Å². The average molecular weight is 420 g/mol. The Bertz CT molecular complexity index is 453. The Balaban J connectivity index is 0.00000242. The zero-order chi connectivity index (χ0) is 15.1. The molecule has 0 radical (unpaired) electrons. The van der Waals surface area contributed by atoms with Crippen LogP contribution in [-0.4, -0.2) is 53.4 Å². The van der Waals surface area contributed by atoms with E-state index < -0.39 is 0 Å². The van der Waals surface area contributed by atoms with Gasteiger partial charge in [0, 0.05) is 32.9 Å². The second-order valence-electron chi connectivity index (χ2n) is 5.56. The lowest BCUT2D eigenvalue weighted by molar-refractivity contribution is 0.236. The van der Waals surface area contributed by atoms with Crippen molar-refractivity contribution >= 4 is 29.9 Å². The number of aliphatic imine (C=N–C) groups is 1. The zero-order valence-corrected chi connectivity index (χ0v) is 16.2. The van der Waals surface area contributed by atoms with Gasteiger partial charge in [-0.15, -0.1) is 24.0 Å². The highest BCUT2D eigenvalue weighted by Gasteiger charge is 2.20. The molecule has 0 saturated carbocycles. The van der Waals surface area contributed by atoms with Crippen molar-refractivity contribution in [2.45, 2.75) is 38.8 Å². The molecule has 2 heterocycles. The zero-order valence-electron chi connectivity index (χ0n) is 13.9. The van der Waals surface area contributed by atoms with Crippen LogP contribution >= 0.6 is 24.0 Å². The van der Waals surface area contributed by atoms with Crippen molar-refractivity contribution in [1.29, 1.82) is 0 Å². The van der Waals surface area contributed by atoms with Crippen LogP contribution in [0.5, 0.6) is 0 Å². The van der Waals surface area contributed by atoms with E-state index in [4.69, 9.17) is 0 Å². The summed E-state index contributed by atoms with van der Waals surface area (Å²) in [5.74, 6) is 0.855. The number of rotatable bonds is 6. The van der Waals surface area contributed by atoms with Crippen molar-refractivity contribution in [3.8, 4) is 0 Å². The van der Waals surface area contributed by atoms with Crippen LogP contribution < -0.4 is 10.6 Å². The summed E-state index contributed by atoms with van der Waals surface area (Å²) in [7, 11) is 3.77. The topological polar surface area (TPSA) is 57.5 Å². The molecule has 1 fully saturated rings. The van der Waals surface area contributed by atoms with Crippen molar-refractivity contribution in [2.24, 2.45) is 12.0 Å². The molecule has 1 atom stereocenters. The van der Waals surface area contributed by atoms with Gasteiger partial charge in [0.15, 0.2) is 5.96 Å². The highest BCUT2D eigenvalue weighted by atomic mass is 127. The molecule has 1 aromatic heterocycles. The number of aryl methyl sites for hydroxylation is 1. The minimum atomic E-state index is 0. The molecular formula is C15H29IN6. The van der Waals surface area contributed by atoms with Gasteiger partial charge in [0.05, 0.1) is 12.2 Å². The molecule has 1 aromatic rings. The Morgan fingerprint density at radius 3 is 2.64 bits per heavy atom. The number of guanidine groups is 1. The first-order chi connectivity index (χ1) is 10.2. The fraction of sp³-hybridized carbons (Fsp3) is 0.733. The Morgan fingerprint density at radius 1 is 1.36 bits per heavy atom. The maximum Gasteiger partial charge on any atom is 0.191 e. The van der Waals surface area contributed by atoms with Crippen LogP contribution in [-0.2, 0) is 13.6 Å². The van der Waals surface area contributed by atoms with Crippen molar-refractivity contribution in [3.05, 3.63) is 18.0 Å². The van der Waals surface area contributed by atoms with Gasteiger partial charge in [-0.05, 0) is 38.4 Å². The molecule has 6 nitrogen and oxygen atoms in total. The maximum atomic E-state index is 4.30. The number of hydrogen-bond acceptors (Lipinski definition) is 3. The van der Waals surface area contributed by atoms with Gasteiger partial charge in [-0.1, -0.05) is 6.92 Å². The van der Waals surface area contributed by atoms with Gasteiger partial charge in [0.1, 0.15) is 0 Å². The summed E-state index contributed by atoms with van der Waals surface area (Å²) in [4.78, 5) is 6.88. The third-order valence-electron chi connectivity index (χ3n) is 4.22. The van der Waals surface area contributed by atoms with Crippen LogP contribution in [0.25, 0.3) is 0 Å². The third kappa shape index (κ3) is 5.42. The van der Waals surface area contributed by atoms with Gasteiger partial charge in [0.25, 0.3) is 0 Å². The van der Waals surface area contributed by atoms with Crippen LogP contribution in [0.3, 0.4) is 0 Å². The lowest BCUT2D eigenvalue weighted by Gasteiger charge is -2.27. The Kier molecular flexibility index (Phi) is 8.77. The molecule has 2 N–H and O–H groups in total. The van der Waals surface area contributed by atoms with Gasteiger partial charge in [-0.2, -0.15) is 5.10 Å². The van der Waals surface area contributed by atoms with Gasteiger partial charge >= 0.3 is 0 Å². The molecule has 0 aliphatic carbocycles. The minimum Gasteiger partial charge on any atom is -0.355 e. The average Bonchev–Trinajstić information content (AvgIpc) is 3.15. The molecule has 0 amide bonds. The molecular weight excluding hydrogens is 391 g/mol. The van der Waals surface area contributed by atoms with Crippen molar-refractivity contribution in [2.75, 3.05) is 26.7 Å². The summed E-state index contributed by atoms with van der Waals surface area (Å²) in [6.07, 6.45) is 5.66. The van der Waals surface area contributed by atoms with Crippen LogP contribution in [0.15, 0.2) is 17.3 Å². The number of halogens is 1. The summed E-state index contributed by atoms with van der Waals surface area (Å²) in [6.45, 7) is 6.41. The summed E-state index contributed by atoms with van der Waals surface area (Å²) in [6, 6.07) is 2.61. The first-order valence-electron chi connectivity index (χ1n) is 7.90. The predicted octanol–water partition coefficient (Wildman–Crippen LogP) is 1.58. The van der Waals surface area contributed by atoms with Gasteiger partial charge in [0.2, 0.25) is 0 Å². The van der Waals surface area contributed by atoms with Crippen molar-refractivity contribution < 1.29 is 0 Å². The number of nitrogens with one attached hydrogen (secondary N) is 2. The van der Waals surface area contributed by atoms with Crippen LogP contribution in [0, 0.1) is 0 Å². The summed E-state index contributed by atoms with van der Waals surface area (Å²) in [5.41, 5.74) is 1.14. The molecule has 1 unspecified atom stereocenters. The largest absolute Gasteiger partial charge is 0.355 e. The highest BCUT2D eigenvalue weighted by Crippen LogP contribution is 2.13. The number of nitrogens with zero attached hydrogens (tertiary/aromatic N) is 4. The lowest BCUT2D eigenvalue weighted by Crippen LogP contribution is -2.46. The van der Waals surface area contributed by atoms with E-state index in [1.807, 2.05) is 31.0 Å². The van der Waals surface area contributed by atoms with Gasteiger partial charge < -0.3 is 10.6 Å². The first kappa shape index (κ1) is 19.2. The second kappa shape index (κ2) is 10.0. The Morgan fingerprint density at radius 2 is 2.09 bits per heavy atom. The first-order valence-corrected chi connectivity index (χ1v) is 7.90. The van der Waals surface area contributed by atoms with E-state index in [1.54, 1.807) is 0 Å². The van der Waals surface area contributed by atoms with E-state index >= 15 is 0 Å². The molecule has 0 bridgehead atoms. The van der Waals surface area contributed by atoms with Crippen molar-refractivity contribution in [3.63, 3.8) is 0 Å². The molecule has 2 rings (SSSR count). The number of aromatic nitrogens is 2. The van der Waals surface area contributed by atoms with E-state index in [0.717, 1.165) is 24.7 Å². The molecule has 0 aromatic carbocycles. The fourth-order valence-electron chi connectivity index (χ4n) is 2.82. The Labute approximate surface area is 150 Å². The van der Waals surface area contributed by atoms with Crippen LogP contribution in [0.2, 0.25) is 0 Å². The third-order valence-corrected chi connectivity index (χ3v) is 4.22. The molecule has 22 heavy (non-hydrogen) atoms. The smallest absolute Gasteiger partial charge is 0.191 e. The fourth-order valence-corrected chi connectivity index (χ4v) is 2.82. The van der Waals surface area contributed by atoms with Crippen LogP contribution in [0.1, 0.15) is 31.9 Å². The quantitative estimate of drug-likeness (QED) is 0.417. The van der Waals surface area contributed by atoms with Crippen molar-refractivity contribution in [1.82, 2.24) is 25.3 Å². The lowest BCUT2D eigenvalue weighted by atomic mass is 10.2. The van der Waals surface area contributed by atoms with E-state index in [-0.39, 0.29) is 24.0 Å². The van der Waals surface area contributed by atoms with E-state index in [0.29, 0.717) is 6.04 Å². The second-order valence-corrected chi connectivity index (χ2v) is 5.56. The Hall–Kier alpha value is -0.830. The van der Waals surface area contributed by atoms with E-state index in [9.17, 15) is 0 Å². The molecule has 1 saturated heterocycles. The molecule has 126 valence electrons. The molecule has 1 aliphatic heterocycles. The standard InChI is InChI=1S/C15H28N6.HI/c1-4-13(21-9-5-6-10-21)11-17-15(16-2)18-12-14-7-8-19-20(14)3;/h7-8,13H,4-6,9-12H2,1-3H3,(H2,16,17,18);1H. The summed E-state index contributed by atoms with van der Waals surface area (Å²) >= 11 is 0. The number of likely N-dealkylation sites (tertiary alicyclic amines) is 1. The monoisotopic (exact) mass is 420 g/mol.